The Morgan fingerprint density at radius 3 is 2.33 bits per heavy atom. The number of halogens is 1. The first-order valence-electron chi connectivity index (χ1n) is 7.14. The zero-order chi connectivity index (χ0) is 15.6. The maximum atomic E-state index is 13.3. The van der Waals surface area contributed by atoms with Crippen LogP contribution in [0.5, 0.6) is 11.5 Å². The quantitative estimate of drug-likeness (QED) is 0.847. The molecule has 0 unspecified atom stereocenters. The van der Waals surface area contributed by atoms with Gasteiger partial charge in [-0.25, -0.2) is 4.39 Å². The minimum Gasteiger partial charge on any atom is -0.457 e. The molecule has 112 valence electrons. The van der Waals surface area contributed by atoms with E-state index in [0.29, 0.717) is 17.2 Å². The second-order valence-corrected chi connectivity index (χ2v) is 5.64. The smallest absolute Gasteiger partial charge is 0.133 e. The van der Waals surface area contributed by atoms with E-state index in [1.807, 2.05) is 19.1 Å². The number of aliphatic hydroxyl groups is 1. The average Bonchev–Trinajstić information content (AvgIpc) is 2.42. The molecule has 2 nitrogen and oxygen atoms in total. The van der Waals surface area contributed by atoms with Gasteiger partial charge in [-0.2, -0.15) is 0 Å². The summed E-state index contributed by atoms with van der Waals surface area (Å²) in [6.07, 6.45) is -0.788. The first-order chi connectivity index (χ1) is 9.88. The number of aryl methyl sites for hydroxylation is 1. The highest BCUT2D eigenvalue weighted by molar-refractivity contribution is 5.44. The fourth-order valence-electron chi connectivity index (χ4n) is 2.14. The number of hydrogen-bond acceptors (Lipinski definition) is 2. The highest BCUT2D eigenvalue weighted by atomic mass is 19.1. The topological polar surface area (TPSA) is 29.5 Å². The van der Waals surface area contributed by atoms with Crippen LogP contribution in [0.3, 0.4) is 0 Å². The number of ether oxygens (including phenoxy) is 1. The van der Waals surface area contributed by atoms with Crippen molar-refractivity contribution >= 4 is 0 Å². The van der Waals surface area contributed by atoms with E-state index in [1.165, 1.54) is 17.7 Å². The standard InChI is InChI=1S/C18H21FO2/c1-11(2)14-6-5-12(3)18(9-14)21-17-8-7-15(19)10-16(17)13(4)20/h5-11,13,20H,1-4H3/t13-/m1/s1. The lowest BCUT2D eigenvalue weighted by Crippen LogP contribution is -1.99. The molecular weight excluding hydrogens is 267 g/mol. The van der Waals surface area contributed by atoms with Crippen LogP contribution in [-0.4, -0.2) is 5.11 Å². The minimum atomic E-state index is -0.788. The zero-order valence-electron chi connectivity index (χ0n) is 12.9. The Morgan fingerprint density at radius 2 is 1.71 bits per heavy atom. The summed E-state index contributed by atoms with van der Waals surface area (Å²) in [5.74, 6) is 1.23. The Bertz CT molecular complexity index is 633. The molecule has 0 aromatic heterocycles. The molecule has 0 aliphatic rings. The Hall–Kier alpha value is -1.87. The predicted octanol–water partition coefficient (Wildman–Crippen LogP) is 5.10. The summed E-state index contributed by atoms with van der Waals surface area (Å²) < 4.78 is 19.2. The van der Waals surface area contributed by atoms with Crippen LogP contribution >= 0.6 is 0 Å². The third-order valence-electron chi connectivity index (χ3n) is 3.52. The van der Waals surface area contributed by atoms with Crippen molar-refractivity contribution in [2.45, 2.75) is 39.7 Å². The van der Waals surface area contributed by atoms with Crippen LogP contribution in [0, 0.1) is 12.7 Å². The molecule has 0 heterocycles. The molecule has 0 aliphatic heterocycles. The maximum Gasteiger partial charge on any atom is 0.133 e. The van der Waals surface area contributed by atoms with E-state index >= 15 is 0 Å². The lowest BCUT2D eigenvalue weighted by Gasteiger charge is -2.16. The van der Waals surface area contributed by atoms with Gasteiger partial charge in [-0.1, -0.05) is 26.0 Å². The highest BCUT2D eigenvalue weighted by Crippen LogP contribution is 2.33. The monoisotopic (exact) mass is 288 g/mol. The summed E-state index contributed by atoms with van der Waals surface area (Å²) in [4.78, 5) is 0. The largest absolute Gasteiger partial charge is 0.457 e. The number of aliphatic hydroxyl groups excluding tert-OH is 1. The van der Waals surface area contributed by atoms with Crippen molar-refractivity contribution in [3.05, 3.63) is 58.9 Å². The van der Waals surface area contributed by atoms with Gasteiger partial charge >= 0.3 is 0 Å². The molecular formula is C18H21FO2. The van der Waals surface area contributed by atoms with Gasteiger partial charge in [-0.05, 0) is 55.2 Å². The number of benzene rings is 2. The summed E-state index contributed by atoms with van der Waals surface area (Å²) in [6, 6.07) is 10.3. The van der Waals surface area contributed by atoms with Crippen LogP contribution in [0.2, 0.25) is 0 Å². The van der Waals surface area contributed by atoms with Crippen molar-refractivity contribution in [1.29, 1.82) is 0 Å². The van der Waals surface area contributed by atoms with E-state index in [4.69, 9.17) is 4.74 Å². The van der Waals surface area contributed by atoms with Gasteiger partial charge < -0.3 is 9.84 Å². The second kappa shape index (κ2) is 6.27. The number of hydrogen-bond donors (Lipinski definition) is 1. The summed E-state index contributed by atoms with van der Waals surface area (Å²) >= 11 is 0. The summed E-state index contributed by atoms with van der Waals surface area (Å²) in [5, 5.41) is 9.77. The molecule has 21 heavy (non-hydrogen) atoms. The lowest BCUT2D eigenvalue weighted by atomic mass is 10.0. The first kappa shape index (κ1) is 15.5. The molecule has 2 aromatic rings. The van der Waals surface area contributed by atoms with Crippen LogP contribution < -0.4 is 4.74 Å². The van der Waals surface area contributed by atoms with Gasteiger partial charge in [0, 0.05) is 5.56 Å². The van der Waals surface area contributed by atoms with Crippen LogP contribution in [0.25, 0.3) is 0 Å². The fraction of sp³-hybridized carbons (Fsp3) is 0.333. The van der Waals surface area contributed by atoms with Crippen molar-refractivity contribution in [1.82, 2.24) is 0 Å². The minimum absolute atomic E-state index is 0.383. The van der Waals surface area contributed by atoms with Gasteiger partial charge in [0.05, 0.1) is 6.10 Å². The summed E-state index contributed by atoms with van der Waals surface area (Å²) in [5.41, 5.74) is 2.63. The van der Waals surface area contributed by atoms with Gasteiger partial charge in [0.25, 0.3) is 0 Å². The number of rotatable bonds is 4. The zero-order valence-corrected chi connectivity index (χ0v) is 12.9. The van der Waals surface area contributed by atoms with E-state index in [-0.39, 0.29) is 5.82 Å². The van der Waals surface area contributed by atoms with E-state index < -0.39 is 6.10 Å². The molecule has 0 amide bonds. The first-order valence-corrected chi connectivity index (χ1v) is 7.14. The van der Waals surface area contributed by atoms with E-state index in [2.05, 4.69) is 19.9 Å². The Kier molecular flexibility index (Phi) is 4.63. The Balaban J connectivity index is 2.40. The highest BCUT2D eigenvalue weighted by Gasteiger charge is 2.13. The molecule has 0 saturated heterocycles. The summed E-state index contributed by atoms with van der Waals surface area (Å²) in [6.45, 7) is 7.80. The van der Waals surface area contributed by atoms with Crippen molar-refractivity contribution in [2.24, 2.45) is 0 Å². The van der Waals surface area contributed by atoms with E-state index in [0.717, 1.165) is 11.3 Å². The fourth-order valence-corrected chi connectivity index (χ4v) is 2.14. The molecule has 0 saturated carbocycles. The van der Waals surface area contributed by atoms with Crippen molar-refractivity contribution in [2.75, 3.05) is 0 Å². The van der Waals surface area contributed by atoms with Crippen molar-refractivity contribution in [3.63, 3.8) is 0 Å². The predicted molar refractivity (Wildman–Crippen MR) is 82.4 cm³/mol. The van der Waals surface area contributed by atoms with Crippen LogP contribution in [0.4, 0.5) is 4.39 Å². The molecule has 1 atom stereocenters. The maximum absolute atomic E-state index is 13.3. The normalized spacial score (nSPS) is 12.5. The van der Waals surface area contributed by atoms with Crippen molar-refractivity contribution in [3.8, 4) is 11.5 Å². The molecule has 2 rings (SSSR count). The van der Waals surface area contributed by atoms with Crippen LogP contribution in [-0.2, 0) is 0 Å². The van der Waals surface area contributed by atoms with Crippen molar-refractivity contribution < 1.29 is 14.2 Å². The van der Waals surface area contributed by atoms with Gasteiger partial charge in [0.1, 0.15) is 17.3 Å². The molecule has 1 N–H and O–H groups in total. The summed E-state index contributed by atoms with van der Waals surface area (Å²) in [7, 11) is 0. The second-order valence-electron chi connectivity index (χ2n) is 5.64. The Labute approximate surface area is 125 Å². The van der Waals surface area contributed by atoms with Crippen LogP contribution in [0.1, 0.15) is 49.5 Å². The molecule has 3 heteroatoms. The lowest BCUT2D eigenvalue weighted by molar-refractivity contribution is 0.195. The van der Waals surface area contributed by atoms with Gasteiger partial charge in [-0.3, -0.25) is 0 Å². The molecule has 0 radical (unpaired) electrons. The van der Waals surface area contributed by atoms with Gasteiger partial charge in [-0.15, -0.1) is 0 Å². The van der Waals surface area contributed by atoms with Gasteiger partial charge in [0.2, 0.25) is 0 Å². The van der Waals surface area contributed by atoms with Gasteiger partial charge in [0.15, 0.2) is 0 Å². The molecule has 0 aliphatic carbocycles. The molecule has 0 bridgehead atoms. The molecule has 0 fully saturated rings. The third kappa shape index (κ3) is 3.61. The third-order valence-corrected chi connectivity index (χ3v) is 3.52. The molecule has 2 aromatic carbocycles. The van der Waals surface area contributed by atoms with E-state index in [1.54, 1.807) is 13.0 Å². The molecule has 0 spiro atoms. The van der Waals surface area contributed by atoms with Crippen LogP contribution in [0.15, 0.2) is 36.4 Å². The Morgan fingerprint density at radius 1 is 1.00 bits per heavy atom. The SMILES string of the molecule is Cc1ccc(C(C)C)cc1Oc1ccc(F)cc1[C@@H](C)O. The van der Waals surface area contributed by atoms with E-state index in [9.17, 15) is 9.50 Å². The average molecular weight is 288 g/mol.